The van der Waals surface area contributed by atoms with Crippen molar-refractivity contribution in [2.45, 2.75) is 18.2 Å². The third-order valence-corrected chi connectivity index (χ3v) is 4.54. The van der Waals surface area contributed by atoms with E-state index in [4.69, 9.17) is 9.47 Å². The number of rotatable bonds is 5. The lowest BCUT2D eigenvalue weighted by Crippen LogP contribution is -2.27. The Kier molecular flexibility index (Phi) is 4.36. The van der Waals surface area contributed by atoms with Gasteiger partial charge in [0, 0.05) is 25.1 Å². The van der Waals surface area contributed by atoms with Crippen LogP contribution in [0.3, 0.4) is 0 Å². The van der Waals surface area contributed by atoms with Crippen molar-refractivity contribution in [3.63, 3.8) is 0 Å². The van der Waals surface area contributed by atoms with Crippen LogP contribution < -0.4 is 9.47 Å². The second-order valence-electron chi connectivity index (χ2n) is 4.75. The molecule has 1 aromatic rings. The highest BCUT2D eigenvalue weighted by molar-refractivity contribution is 7.87. The molecule has 8 heteroatoms. The summed E-state index contributed by atoms with van der Waals surface area (Å²) >= 11 is 0. The second-order valence-corrected chi connectivity index (χ2v) is 6.37. The van der Waals surface area contributed by atoms with E-state index >= 15 is 0 Å². The predicted molar refractivity (Wildman–Crippen MR) is 73.4 cm³/mol. The molecule has 0 saturated carbocycles. The average molecular weight is 317 g/mol. The monoisotopic (exact) mass is 317 g/mol. The molecule has 1 atom stereocenters. The van der Waals surface area contributed by atoms with Gasteiger partial charge in [-0.05, 0) is 18.2 Å². The molecule has 1 aliphatic heterocycles. The Labute approximate surface area is 122 Å². The molecule has 1 amide bonds. The van der Waals surface area contributed by atoms with Gasteiger partial charge in [0.05, 0.1) is 14.2 Å². The minimum Gasteiger partial charge on any atom is -0.497 e. The summed E-state index contributed by atoms with van der Waals surface area (Å²) in [5, 5.41) is -1.29. The fourth-order valence-electron chi connectivity index (χ4n) is 2.29. The van der Waals surface area contributed by atoms with Crippen LogP contribution in [0.1, 0.15) is 12.0 Å². The normalized spacial score (nSPS) is 18.9. The molecule has 2 rings (SSSR count). The van der Waals surface area contributed by atoms with E-state index in [1.165, 1.54) is 19.1 Å². The molecule has 1 heterocycles. The first-order valence-corrected chi connectivity index (χ1v) is 7.72. The largest absolute Gasteiger partial charge is 0.497 e. The first-order chi connectivity index (χ1) is 9.85. The molecule has 0 spiro atoms. The summed E-state index contributed by atoms with van der Waals surface area (Å²) in [7, 11) is -1.70. The third-order valence-electron chi connectivity index (χ3n) is 3.43. The van der Waals surface area contributed by atoms with Crippen LogP contribution >= 0.6 is 0 Å². The molecular weight excluding hydrogens is 301 g/mol. The minimum atomic E-state index is -4.71. The van der Waals surface area contributed by atoms with Gasteiger partial charge >= 0.3 is 10.2 Å². The number of carbonyl (C=O) groups excluding carboxylic acids is 1. The molecule has 1 aromatic carbocycles. The highest BCUT2D eigenvalue weighted by Crippen LogP contribution is 2.28. The van der Waals surface area contributed by atoms with Crippen LogP contribution in [-0.2, 0) is 21.6 Å². The minimum absolute atomic E-state index is 0.144. The van der Waals surface area contributed by atoms with Gasteiger partial charge in [-0.2, -0.15) is 8.42 Å². The van der Waals surface area contributed by atoms with Crippen LogP contribution in [0.15, 0.2) is 18.2 Å². The lowest BCUT2D eigenvalue weighted by molar-refractivity contribution is -0.128. The smallest absolute Gasteiger partial charge is 0.307 e. The van der Waals surface area contributed by atoms with Crippen molar-refractivity contribution in [2.24, 2.45) is 0 Å². The van der Waals surface area contributed by atoms with E-state index < -0.39 is 21.4 Å². The number of hydrogen-bond donors (Lipinski definition) is 0. The van der Waals surface area contributed by atoms with Crippen LogP contribution in [-0.4, -0.2) is 45.2 Å². The maximum absolute atomic E-state index is 13.0. The van der Waals surface area contributed by atoms with Gasteiger partial charge in [-0.25, -0.2) is 0 Å². The molecule has 21 heavy (non-hydrogen) atoms. The summed E-state index contributed by atoms with van der Waals surface area (Å²) in [4.78, 5) is 13.1. The maximum atomic E-state index is 13.0. The molecule has 0 bridgehead atoms. The van der Waals surface area contributed by atoms with Gasteiger partial charge in [0.15, 0.2) is 0 Å². The van der Waals surface area contributed by atoms with Crippen molar-refractivity contribution in [3.05, 3.63) is 23.8 Å². The average Bonchev–Trinajstić information content (AvgIpc) is 2.80. The number of halogens is 1. The number of hydrogen-bond acceptors (Lipinski definition) is 5. The summed E-state index contributed by atoms with van der Waals surface area (Å²) in [6.07, 6.45) is -0.328. The molecule has 0 aliphatic carbocycles. The van der Waals surface area contributed by atoms with Crippen LogP contribution in [0.4, 0.5) is 3.89 Å². The number of likely N-dealkylation sites (tertiary alicyclic amines) is 1. The first kappa shape index (κ1) is 15.6. The lowest BCUT2D eigenvalue weighted by atomic mass is 10.1. The molecule has 1 saturated heterocycles. The predicted octanol–water partition coefficient (Wildman–Crippen LogP) is 1.10. The summed E-state index contributed by atoms with van der Waals surface area (Å²) in [6.45, 7) is -0.0107. The van der Waals surface area contributed by atoms with Crippen LogP contribution in [0.2, 0.25) is 0 Å². The van der Waals surface area contributed by atoms with E-state index in [1.54, 1.807) is 18.2 Å². The summed E-state index contributed by atoms with van der Waals surface area (Å²) in [6, 6.07) is 5.10. The number of benzene rings is 1. The van der Waals surface area contributed by atoms with E-state index in [0.717, 1.165) is 0 Å². The number of methoxy groups -OCH3 is 2. The van der Waals surface area contributed by atoms with Crippen molar-refractivity contribution in [3.8, 4) is 11.5 Å². The molecule has 0 radical (unpaired) electrons. The fraction of sp³-hybridized carbons (Fsp3) is 0.462. The van der Waals surface area contributed by atoms with Gasteiger partial charge in [0.25, 0.3) is 0 Å². The highest BCUT2D eigenvalue weighted by Gasteiger charge is 2.38. The molecule has 0 N–H and O–H groups in total. The number of ether oxygens (including phenoxy) is 2. The first-order valence-electron chi connectivity index (χ1n) is 6.27. The molecule has 0 aromatic heterocycles. The standard InChI is InChI=1S/C13H16FNO5S/c1-19-10-3-4-12(20-2)9(5-10)7-15-8-11(6-13(15)16)21(14,17)18/h3-5,11H,6-8H2,1-2H3. The maximum Gasteiger partial charge on any atom is 0.307 e. The van der Waals surface area contributed by atoms with E-state index in [2.05, 4.69) is 0 Å². The molecular formula is C13H16FNO5S. The molecule has 6 nitrogen and oxygen atoms in total. The zero-order chi connectivity index (χ0) is 15.6. The molecule has 116 valence electrons. The van der Waals surface area contributed by atoms with Gasteiger partial charge in [-0.3, -0.25) is 4.79 Å². The van der Waals surface area contributed by atoms with Crippen molar-refractivity contribution in [1.29, 1.82) is 0 Å². The Hall–Kier alpha value is -1.83. The van der Waals surface area contributed by atoms with Gasteiger partial charge in [-0.15, -0.1) is 3.89 Å². The van der Waals surface area contributed by atoms with Crippen LogP contribution in [0.5, 0.6) is 11.5 Å². The quantitative estimate of drug-likeness (QED) is 0.761. The van der Waals surface area contributed by atoms with Crippen molar-refractivity contribution < 1.29 is 26.6 Å². The zero-order valence-electron chi connectivity index (χ0n) is 11.7. The molecule has 1 aliphatic rings. The van der Waals surface area contributed by atoms with E-state index in [-0.39, 0.29) is 19.5 Å². The number of carbonyl (C=O) groups is 1. The summed E-state index contributed by atoms with van der Waals surface area (Å²) in [5.41, 5.74) is 0.669. The lowest BCUT2D eigenvalue weighted by Gasteiger charge is -2.18. The fourth-order valence-corrected chi connectivity index (χ4v) is 2.99. The second kappa shape index (κ2) is 5.88. The van der Waals surface area contributed by atoms with E-state index in [9.17, 15) is 17.1 Å². The van der Waals surface area contributed by atoms with Crippen LogP contribution in [0.25, 0.3) is 0 Å². The Bertz CT molecular complexity index is 646. The zero-order valence-corrected chi connectivity index (χ0v) is 12.5. The SMILES string of the molecule is COc1ccc(OC)c(CN2CC(S(=O)(=O)F)CC2=O)c1. The van der Waals surface area contributed by atoms with E-state index in [1.807, 2.05) is 0 Å². The van der Waals surface area contributed by atoms with Crippen LogP contribution in [0, 0.1) is 0 Å². The van der Waals surface area contributed by atoms with Crippen molar-refractivity contribution in [1.82, 2.24) is 4.90 Å². The Morgan fingerprint density at radius 2 is 2.05 bits per heavy atom. The van der Waals surface area contributed by atoms with Crippen molar-refractivity contribution in [2.75, 3.05) is 20.8 Å². The van der Waals surface area contributed by atoms with Gasteiger partial charge in [0.2, 0.25) is 5.91 Å². The van der Waals surface area contributed by atoms with E-state index in [0.29, 0.717) is 17.1 Å². The Morgan fingerprint density at radius 1 is 1.33 bits per heavy atom. The molecule has 1 fully saturated rings. The van der Waals surface area contributed by atoms with Gasteiger partial charge in [0.1, 0.15) is 16.7 Å². The van der Waals surface area contributed by atoms with Gasteiger partial charge in [-0.1, -0.05) is 0 Å². The summed E-state index contributed by atoms with van der Waals surface area (Å²) in [5.74, 6) is 0.744. The van der Waals surface area contributed by atoms with Gasteiger partial charge < -0.3 is 14.4 Å². The topological polar surface area (TPSA) is 72.9 Å². The number of amides is 1. The third kappa shape index (κ3) is 3.44. The Morgan fingerprint density at radius 3 is 2.57 bits per heavy atom. The Balaban J connectivity index is 2.20. The van der Waals surface area contributed by atoms with Crippen molar-refractivity contribution >= 4 is 16.1 Å². The summed E-state index contributed by atoms with van der Waals surface area (Å²) < 4.78 is 45.1. The molecule has 1 unspecified atom stereocenters. The highest BCUT2D eigenvalue weighted by atomic mass is 32.3. The number of nitrogens with zero attached hydrogens (tertiary/aromatic N) is 1.